The van der Waals surface area contributed by atoms with Gasteiger partial charge in [0.1, 0.15) is 0 Å². The summed E-state index contributed by atoms with van der Waals surface area (Å²) in [6.45, 7) is 3.42. The average molecular weight is 350 g/mol. The topological polar surface area (TPSA) is 60.0 Å². The molecule has 0 atom stereocenters. The van der Waals surface area contributed by atoms with E-state index in [1.165, 1.54) is 12.8 Å². The molecule has 2 fully saturated rings. The number of rotatable bonds is 4. The fraction of sp³-hybridized carbons (Fsp3) is 0.529. The molecule has 1 aliphatic heterocycles. The van der Waals surface area contributed by atoms with Gasteiger partial charge in [-0.05, 0) is 37.1 Å². The van der Waals surface area contributed by atoms with Crippen LogP contribution in [0.15, 0.2) is 29.3 Å². The molecule has 1 aromatic rings. The summed E-state index contributed by atoms with van der Waals surface area (Å²) in [5.74, 6) is 0.829. The first-order valence-corrected chi connectivity index (χ1v) is 8.79. The smallest absolute Gasteiger partial charge is 0.242 e. The van der Waals surface area contributed by atoms with Gasteiger partial charge in [-0.1, -0.05) is 11.6 Å². The lowest BCUT2D eigenvalue weighted by Gasteiger charge is -2.36. The summed E-state index contributed by atoms with van der Waals surface area (Å²) in [7, 11) is 1.73. The normalized spacial score (nSPS) is 18.5. The Labute approximate surface area is 147 Å². The second-order valence-electron chi connectivity index (χ2n) is 6.19. The Hall–Kier alpha value is -1.95. The molecule has 0 aromatic heterocycles. The highest BCUT2D eigenvalue weighted by atomic mass is 35.5. The van der Waals surface area contributed by atoms with Crippen LogP contribution < -0.4 is 15.5 Å². The van der Waals surface area contributed by atoms with E-state index >= 15 is 0 Å². The summed E-state index contributed by atoms with van der Waals surface area (Å²) in [5, 5.41) is 7.13. The first kappa shape index (κ1) is 16.9. The molecule has 24 heavy (non-hydrogen) atoms. The molecule has 1 saturated heterocycles. The van der Waals surface area contributed by atoms with Crippen molar-refractivity contribution in [3.8, 4) is 0 Å². The van der Waals surface area contributed by atoms with E-state index in [2.05, 4.69) is 20.5 Å². The second kappa shape index (κ2) is 7.75. The van der Waals surface area contributed by atoms with Gasteiger partial charge in [-0.3, -0.25) is 9.79 Å². The van der Waals surface area contributed by atoms with Crippen LogP contribution in [0, 0.1) is 0 Å². The molecule has 3 rings (SSSR count). The number of anilines is 1. The predicted octanol–water partition coefficient (Wildman–Crippen LogP) is 1.32. The fourth-order valence-corrected chi connectivity index (χ4v) is 2.88. The number of hydrogen-bond donors (Lipinski definition) is 2. The van der Waals surface area contributed by atoms with Crippen LogP contribution in [0.3, 0.4) is 0 Å². The van der Waals surface area contributed by atoms with Crippen molar-refractivity contribution in [2.24, 2.45) is 4.99 Å². The molecule has 6 nitrogen and oxygen atoms in total. The lowest BCUT2D eigenvalue weighted by Crippen LogP contribution is -2.52. The molecular weight excluding hydrogens is 326 g/mol. The van der Waals surface area contributed by atoms with Crippen molar-refractivity contribution in [3.05, 3.63) is 29.3 Å². The molecule has 1 saturated carbocycles. The number of carbonyl (C=O) groups is 1. The van der Waals surface area contributed by atoms with Gasteiger partial charge in [-0.15, -0.1) is 0 Å². The van der Waals surface area contributed by atoms with Gasteiger partial charge in [-0.25, -0.2) is 0 Å². The summed E-state index contributed by atoms with van der Waals surface area (Å²) in [6, 6.07) is 8.37. The zero-order valence-electron chi connectivity index (χ0n) is 14.0. The zero-order chi connectivity index (χ0) is 16.9. The molecule has 1 amide bonds. The number of benzene rings is 1. The Morgan fingerprint density at radius 3 is 2.46 bits per heavy atom. The molecule has 2 N–H and O–H groups in total. The van der Waals surface area contributed by atoms with Crippen molar-refractivity contribution in [1.29, 1.82) is 0 Å². The van der Waals surface area contributed by atoms with Crippen LogP contribution in [0.2, 0.25) is 5.02 Å². The van der Waals surface area contributed by atoms with Gasteiger partial charge in [-0.2, -0.15) is 0 Å². The van der Waals surface area contributed by atoms with E-state index in [0.29, 0.717) is 12.0 Å². The lowest BCUT2D eigenvalue weighted by atomic mass is 10.2. The van der Waals surface area contributed by atoms with Crippen molar-refractivity contribution in [2.45, 2.75) is 18.9 Å². The Morgan fingerprint density at radius 2 is 1.88 bits per heavy atom. The van der Waals surface area contributed by atoms with Gasteiger partial charge in [0.15, 0.2) is 5.96 Å². The molecule has 1 heterocycles. The fourth-order valence-electron chi connectivity index (χ4n) is 2.75. The molecule has 1 aromatic carbocycles. The maximum absolute atomic E-state index is 12.4. The van der Waals surface area contributed by atoms with E-state index in [1.54, 1.807) is 7.05 Å². The number of amides is 1. The minimum Gasteiger partial charge on any atom is -0.368 e. The van der Waals surface area contributed by atoms with Gasteiger partial charge >= 0.3 is 0 Å². The Bertz CT molecular complexity index is 592. The molecular formula is C17H24ClN5O. The van der Waals surface area contributed by atoms with E-state index in [1.807, 2.05) is 29.2 Å². The zero-order valence-corrected chi connectivity index (χ0v) is 14.7. The molecule has 0 bridgehead atoms. The number of hydrogen-bond acceptors (Lipinski definition) is 3. The van der Waals surface area contributed by atoms with Crippen LogP contribution >= 0.6 is 11.6 Å². The van der Waals surface area contributed by atoms with Gasteiger partial charge in [0.05, 0.1) is 6.54 Å². The van der Waals surface area contributed by atoms with E-state index in [0.717, 1.165) is 36.9 Å². The van der Waals surface area contributed by atoms with Crippen LogP contribution in [0.25, 0.3) is 0 Å². The number of halogens is 1. The summed E-state index contributed by atoms with van der Waals surface area (Å²) in [4.78, 5) is 20.7. The Kier molecular flexibility index (Phi) is 5.45. The van der Waals surface area contributed by atoms with Crippen molar-refractivity contribution in [3.63, 3.8) is 0 Å². The Morgan fingerprint density at radius 1 is 1.21 bits per heavy atom. The highest BCUT2D eigenvalue weighted by Crippen LogP contribution is 2.19. The van der Waals surface area contributed by atoms with E-state index in [4.69, 9.17) is 11.6 Å². The maximum atomic E-state index is 12.4. The van der Waals surface area contributed by atoms with E-state index < -0.39 is 0 Å². The average Bonchev–Trinajstić information content (AvgIpc) is 3.43. The van der Waals surface area contributed by atoms with Gasteiger partial charge in [0.2, 0.25) is 5.91 Å². The third-order valence-electron chi connectivity index (χ3n) is 4.37. The Balaban J connectivity index is 1.43. The molecule has 0 unspecified atom stereocenters. The highest BCUT2D eigenvalue weighted by molar-refractivity contribution is 6.30. The SMILES string of the molecule is CN=C(NCC(=O)N1CCN(c2ccc(Cl)cc2)CC1)NC1CC1. The minimum absolute atomic E-state index is 0.115. The van der Waals surface area contributed by atoms with E-state index in [9.17, 15) is 4.79 Å². The van der Waals surface area contributed by atoms with Crippen LogP contribution in [0.4, 0.5) is 5.69 Å². The summed E-state index contributed by atoms with van der Waals surface area (Å²) >= 11 is 5.93. The van der Waals surface area contributed by atoms with Gasteiger partial charge < -0.3 is 20.4 Å². The quantitative estimate of drug-likeness (QED) is 0.635. The van der Waals surface area contributed by atoms with Gasteiger partial charge in [0.25, 0.3) is 0 Å². The molecule has 7 heteroatoms. The number of nitrogens with one attached hydrogen (secondary N) is 2. The summed E-state index contributed by atoms with van der Waals surface area (Å²) < 4.78 is 0. The molecule has 0 radical (unpaired) electrons. The van der Waals surface area contributed by atoms with Crippen LogP contribution in [0.5, 0.6) is 0 Å². The van der Waals surface area contributed by atoms with E-state index in [-0.39, 0.29) is 12.5 Å². The molecule has 1 aliphatic carbocycles. The predicted molar refractivity (Wildman–Crippen MR) is 97.8 cm³/mol. The summed E-state index contributed by atoms with van der Waals surface area (Å²) in [6.07, 6.45) is 2.36. The number of carbonyl (C=O) groups excluding carboxylic acids is 1. The maximum Gasteiger partial charge on any atom is 0.242 e. The third-order valence-corrected chi connectivity index (χ3v) is 4.62. The van der Waals surface area contributed by atoms with Crippen molar-refractivity contribution < 1.29 is 4.79 Å². The number of aliphatic imine (C=N–C) groups is 1. The largest absolute Gasteiger partial charge is 0.368 e. The highest BCUT2D eigenvalue weighted by Gasteiger charge is 2.24. The monoisotopic (exact) mass is 349 g/mol. The molecule has 130 valence electrons. The minimum atomic E-state index is 0.115. The van der Waals surface area contributed by atoms with Crippen molar-refractivity contribution in [2.75, 3.05) is 44.7 Å². The number of piperazine rings is 1. The number of nitrogens with zero attached hydrogens (tertiary/aromatic N) is 3. The van der Waals surface area contributed by atoms with Crippen LogP contribution in [-0.2, 0) is 4.79 Å². The standard InChI is InChI=1S/C17H24ClN5O/c1-19-17(21-14-4-5-14)20-12-16(24)23-10-8-22(9-11-23)15-6-2-13(18)3-7-15/h2-3,6-7,14H,4-5,8-12H2,1H3,(H2,19,20,21). The summed E-state index contributed by atoms with van der Waals surface area (Å²) in [5.41, 5.74) is 1.15. The van der Waals surface area contributed by atoms with Crippen LogP contribution in [0.1, 0.15) is 12.8 Å². The third kappa shape index (κ3) is 4.54. The van der Waals surface area contributed by atoms with Crippen molar-refractivity contribution >= 4 is 29.2 Å². The number of guanidine groups is 1. The lowest BCUT2D eigenvalue weighted by molar-refractivity contribution is -0.130. The first-order chi connectivity index (χ1) is 11.7. The molecule has 2 aliphatic rings. The molecule has 0 spiro atoms. The van der Waals surface area contributed by atoms with Crippen molar-refractivity contribution in [1.82, 2.24) is 15.5 Å². The second-order valence-corrected chi connectivity index (χ2v) is 6.63. The first-order valence-electron chi connectivity index (χ1n) is 8.41. The van der Waals surface area contributed by atoms with Gasteiger partial charge in [0, 0.05) is 50.0 Å². The van der Waals surface area contributed by atoms with Crippen LogP contribution in [-0.4, -0.2) is 62.6 Å².